The molecule has 2 aromatic carbocycles. The van der Waals surface area contributed by atoms with Crippen molar-refractivity contribution in [3.8, 4) is 5.75 Å². The Morgan fingerprint density at radius 2 is 1.96 bits per heavy atom. The summed E-state index contributed by atoms with van der Waals surface area (Å²) < 4.78 is 11.7. The standard InChI is InChI=1S/C20H23BrN2O4/c1-13-9-16(7-8-18(13)21)23-19(24)11-22-20(25)14(2)27-12-15-5-4-6-17(10-15)26-3/h4-10,14H,11-12H2,1-3H3,(H,22,25)(H,23,24). The lowest BCUT2D eigenvalue weighted by atomic mass is 10.2. The van der Waals surface area contributed by atoms with Crippen molar-refractivity contribution in [2.75, 3.05) is 19.0 Å². The number of halogens is 1. The molecular formula is C20H23BrN2O4. The molecule has 0 radical (unpaired) electrons. The summed E-state index contributed by atoms with van der Waals surface area (Å²) in [5, 5.41) is 5.32. The lowest BCUT2D eigenvalue weighted by Crippen LogP contribution is -2.39. The molecule has 0 saturated heterocycles. The highest BCUT2D eigenvalue weighted by atomic mass is 79.9. The van der Waals surface area contributed by atoms with E-state index in [-0.39, 0.29) is 25.0 Å². The molecule has 2 N–H and O–H groups in total. The molecular weight excluding hydrogens is 412 g/mol. The fourth-order valence-corrected chi connectivity index (χ4v) is 2.54. The highest BCUT2D eigenvalue weighted by Gasteiger charge is 2.15. The predicted molar refractivity (Wildman–Crippen MR) is 108 cm³/mol. The van der Waals surface area contributed by atoms with Gasteiger partial charge in [0.1, 0.15) is 11.9 Å². The van der Waals surface area contributed by atoms with E-state index < -0.39 is 6.10 Å². The Labute approximate surface area is 167 Å². The van der Waals surface area contributed by atoms with Gasteiger partial charge in [0.15, 0.2) is 0 Å². The third-order valence-electron chi connectivity index (χ3n) is 3.87. The molecule has 0 bridgehead atoms. The number of nitrogens with one attached hydrogen (secondary N) is 2. The fourth-order valence-electron chi connectivity index (χ4n) is 2.30. The third-order valence-corrected chi connectivity index (χ3v) is 4.76. The number of carbonyl (C=O) groups is 2. The van der Waals surface area contributed by atoms with Gasteiger partial charge in [0, 0.05) is 10.2 Å². The average Bonchev–Trinajstić information content (AvgIpc) is 2.67. The summed E-state index contributed by atoms with van der Waals surface area (Å²) in [6, 6.07) is 12.9. The number of hydrogen-bond acceptors (Lipinski definition) is 4. The lowest BCUT2D eigenvalue weighted by Gasteiger charge is -2.14. The van der Waals surface area contributed by atoms with Crippen LogP contribution in [0.15, 0.2) is 46.9 Å². The van der Waals surface area contributed by atoms with E-state index in [0.717, 1.165) is 21.3 Å². The number of aryl methyl sites for hydroxylation is 1. The van der Waals surface area contributed by atoms with Gasteiger partial charge >= 0.3 is 0 Å². The number of rotatable bonds is 8. The smallest absolute Gasteiger partial charge is 0.249 e. The summed E-state index contributed by atoms with van der Waals surface area (Å²) in [5.41, 5.74) is 2.59. The maximum Gasteiger partial charge on any atom is 0.249 e. The number of anilines is 1. The normalized spacial score (nSPS) is 11.6. The Morgan fingerprint density at radius 1 is 1.19 bits per heavy atom. The summed E-state index contributed by atoms with van der Waals surface area (Å²) in [6.45, 7) is 3.73. The summed E-state index contributed by atoms with van der Waals surface area (Å²) in [6.07, 6.45) is -0.682. The second-order valence-corrected chi connectivity index (χ2v) is 6.89. The molecule has 0 heterocycles. The van der Waals surface area contributed by atoms with E-state index in [4.69, 9.17) is 9.47 Å². The number of ether oxygens (including phenoxy) is 2. The first-order chi connectivity index (χ1) is 12.9. The maximum absolute atomic E-state index is 12.1. The van der Waals surface area contributed by atoms with E-state index in [2.05, 4.69) is 26.6 Å². The molecule has 0 aliphatic rings. The van der Waals surface area contributed by atoms with Crippen LogP contribution in [0, 0.1) is 6.92 Å². The zero-order chi connectivity index (χ0) is 19.8. The van der Waals surface area contributed by atoms with Gasteiger partial charge in [-0.05, 0) is 55.3 Å². The Hall–Kier alpha value is -2.38. The van der Waals surface area contributed by atoms with Crippen molar-refractivity contribution in [3.63, 3.8) is 0 Å². The molecule has 6 nitrogen and oxygen atoms in total. The predicted octanol–water partition coefficient (Wildman–Crippen LogP) is 3.43. The van der Waals surface area contributed by atoms with Crippen molar-refractivity contribution in [2.24, 2.45) is 0 Å². The molecule has 0 spiro atoms. The van der Waals surface area contributed by atoms with Crippen molar-refractivity contribution in [2.45, 2.75) is 26.6 Å². The van der Waals surface area contributed by atoms with E-state index in [0.29, 0.717) is 5.69 Å². The molecule has 0 aliphatic heterocycles. The zero-order valence-electron chi connectivity index (χ0n) is 15.5. The van der Waals surface area contributed by atoms with Gasteiger partial charge in [-0.15, -0.1) is 0 Å². The SMILES string of the molecule is COc1cccc(COC(C)C(=O)NCC(=O)Nc2ccc(Br)c(C)c2)c1. The van der Waals surface area contributed by atoms with Gasteiger partial charge in [0.05, 0.1) is 20.3 Å². The summed E-state index contributed by atoms with van der Waals surface area (Å²) in [4.78, 5) is 24.1. The molecule has 0 aliphatic carbocycles. The van der Waals surface area contributed by atoms with Crippen molar-refractivity contribution in [3.05, 3.63) is 58.1 Å². The first kappa shape index (κ1) is 20.9. The van der Waals surface area contributed by atoms with E-state index >= 15 is 0 Å². The molecule has 27 heavy (non-hydrogen) atoms. The number of hydrogen-bond donors (Lipinski definition) is 2. The number of carbonyl (C=O) groups excluding carboxylic acids is 2. The van der Waals surface area contributed by atoms with Crippen LogP contribution in [-0.2, 0) is 20.9 Å². The van der Waals surface area contributed by atoms with Crippen LogP contribution >= 0.6 is 15.9 Å². The molecule has 0 fully saturated rings. The topological polar surface area (TPSA) is 76.7 Å². The Morgan fingerprint density at radius 3 is 2.67 bits per heavy atom. The maximum atomic E-state index is 12.1. The Balaban J connectivity index is 1.76. The van der Waals surface area contributed by atoms with Crippen molar-refractivity contribution >= 4 is 33.4 Å². The van der Waals surface area contributed by atoms with Crippen LogP contribution in [0.5, 0.6) is 5.75 Å². The number of benzene rings is 2. The summed E-state index contributed by atoms with van der Waals surface area (Å²) in [7, 11) is 1.59. The molecule has 2 aromatic rings. The highest BCUT2D eigenvalue weighted by molar-refractivity contribution is 9.10. The Kier molecular flexibility index (Phi) is 7.82. The first-order valence-electron chi connectivity index (χ1n) is 8.47. The van der Waals surface area contributed by atoms with Gasteiger partial charge in [-0.1, -0.05) is 28.1 Å². The molecule has 1 unspecified atom stereocenters. The van der Waals surface area contributed by atoms with Crippen LogP contribution in [0.3, 0.4) is 0 Å². The minimum absolute atomic E-state index is 0.124. The van der Waals surface area contributed by atoms with Crippen LogP contribution in [0.25, 0.3) is 0 Å². The van der Waals surface area contributed by atoms with Crippen molar-refractivity contribution in [1.29, 1.82) is 0 Å². The number of amides is 2. The van der Waals surface area contributed by atoms with Gasteiger partial charge in [0.2, 0.25) is 11.8 Å². The molecule has 2 amide bonds. The van der Waals surface area contributed by atoms with Crippen LogP contribution in [0.2, 0.25) is 0 Å². The summed E-state index contributed by atoms with van der Waals surface area (Å²) in [5.74, 6) is 0.0816. The van der Waals surface area contributed by atoms with Crippen LogP contribution in [-0.4, -0.2) is 31.6 Å². The van der Waals surface area contributed by atoms with Crippen LogP contribution < -0.4 is 15.4 Å². The fraction of sp³-hybridized carbons (Fsp3) is 0.300. The largest absolute Gasteiger partial charge is 0.497 e. The quantitative estimate of drug-likeness (QED) is 0.666. The second kappa shape index (κ2) is 10.1. The van der Waals surface area contributed by atoms with Crippen molar-refractivity contribution in [1.82, 2.24) is 5.32 Å². The van der Waals surface area contributed by atoms with Crippen LogP contribution in [0.4, 0.5) is 5.69 Å². The highest BCUT2D eigenvalue weighted by Crippen LogP contribution is 2.19. The van der Waals surface area contributed by atoms with E-state index in [1.807, 2.05) is 43.3 Å². The van der Waals surface area contributed by atoms with Gasteiger partial charge in [-0.25, -0.2) is 0 Å². The van der Waals surface area contributed by atoms with Crippen LogP contribution in [0.1, 0.15) is 18.1 Å². The monoisotopic (exact) mass is 434 g/mol. The molecule has 1 atom stereocenters. The molecule has 7 heteroatoms. The Bertz CT molecular complexity index is 810. The second-order valence-electron chi connectivity index (χ2n) is 6.03. The molecule has 2 rings (SSSR count). The van der Waals surface area contributed by atoms with Gasteiger partial charge in [0.25, 0.3) is 0 Å². The first-order valence-corrected chi connectivity index (χ1v) is 9.26. The van der Waals surface area contributed by atoms with Crippen molar-refractivity contribution < 1.29 is 19.1 Å². The summed E-state index contributed by atoms with van der Waals surface area (Å²) >= 11 is 3.41. The minimum Gasteiger partial charge on any atom is -0.497 e. The zero-order valence-corrected chi connectivity index (χ0v) is 17.1. The van der Waals surface area contributed by atoms with E-state index in [1.165, 1.54) is 0 Å². The lowest BCUT2D eigenvalue weighted by molar-refractivity contribution is -0.133. The molecule has 0 saturated carbocycles. The van der Waals surface area contributed by atoms with Gasteiger partial charge in [-0.2, -0.15) is 0 Å². The molecule has 0 aromatic heterocycles. The average molecular weight is 435 g/mol. The minimum atomic E-state index is -0.682. The van der Waals surface area contributed by atoms with Gasteiger partial charge < -0.3 is 20.1 Å². The number of methoxy groups -OCH3 is 1. The van der Waals surface area contributed by atoms with E-state index in [1.54, 1.807) is 20.1 Å². The molecule has 144 valence electrons. The van der Waals surface area contributed by atoms with E-state index in [9.17, 15) is 9.59 Å². The van der Waals surface area contributed by atoms with Gasteiger partial charge in [-0.3, -0.25) is 9.59 Å². The third kappa shape index (κ3) is 6.69.